The van der Waals surface area contributed by atoms with Crippen LogP contribution in [-0.2, 0) is 63.3 Å². The van der Waals surface area contributed by atoms with Gasteiger partial charge in [-0.15, -0.1) is 5.10 Å². The van der Waals surface area contributed by atoms with Gasteiger partial charge >= 0.3 is 34.0 Å². The number of nitrogens with one attached hydrogen (secondary N) is 1. The van der Waals surface area contributed by atoms with Gasteiger partial charge in [0.25, 0.3) is 5.91 Å². The summed E-state index contributed by atoms with van der Waals surface area (Å²) >= 11 is 0. The molecule has 78 heavy (non-hydrogen) atoms. The number of amides is 1. The SMILES string of the molecule is CC[C@]1(O)C[C@@H]2CN(CCc3c([nH]c4ccccc34)[C@@](C(=O)OC)(c3cc4c(cc3OC)N(C)[C@H]3[C@@](O)(C(=O)OC)[C@H](OC(C)=O)[C@]5(CC)C=CCN6CC[C@]43[C@@H]65)C2)C1.Cn1nnc2c(C(N)=O)ncn2c1=O.O=S(=O)(O)O. The van der Waals surface area contributed by atoms with E-state index in [-0.39, 0.29) is 23.3 Å². The molecule has 1 spiro atoms. The number of para-hydroxylation sites is 1. The predicted octanol–water partition coefficient (Wildman–Crippen LogP) is 1.26. The van der Waals surface area contributed by atoms with E-state index in [2.05, 4.69) is 54.4 Å². The van der Waals surface area contributed by atoms with E-state index >= 15 is 4.79 Å². The Hall–Kier alpha value is -6.81. The van der Waals surface area contributed by atoms with Crippen molar-refractivity contribution in [3.63, 3.8) is 0 Å². The first-order chi connectivity index (χ1) is 36.8. The molecule has 26 heteroatoms. The van der Waals surface area contributed by atoms with Crippen molar-refractivity contribution in [1.29, 1.82) is 0 Å². The van der Waals surface area contributed by atoms with Crippen LogP contribution >= 0.6 is 0 Å². The third-order valence-corrected chi connectivity index (χ3v) is 17.3. The molecule has 0 radical (unpaired) electrons. The number of methoxy groups -OCH3 is 3. The summed E-state index contributed by atoms with van der Waals surface area (Å²) in [4.78, 5) is 79.1. The molecular formula is C52H66N10O15S. The molecule has 2 bridgehead atoms. The van der Waals surface area contributed by atoms with Crippen LogP contribution in [-0.4, -0.2) is 181 Å². The number of carbonyl (C=O) groups is 4. The van der Waals surface area contributed by atoms with Crippen LogP contribution in [0.25, 0.3) is 16.6 Å². The number of likely N-dealkylation sites (N-methyl/N-ethyl adjacent to an activating group) is 1. The van der Waals surface area contributed by atoms with Crippen molar-refractivity contribution in [3.05, 3.63) is 93.4 Å². The Morgan fingerprint density at radius 2 is 1.65 bits per heavy atom. The number of carbonyl (C=O) groups excluding carboxylic acids is 4. The number of imidazole rings is 1. The number of primary amides is 1. The lowest BCUT2D eigenvalue weighted by molar-refractivity contribution is -0.228. The first kappa shape index (κ1) is 55.9. The molecule has 11 rings (SSSR count). The smallest absolute Gasteiger partial charge is 0.394 e. The van der Waals surface area contributed by atoms with Gasteiger partial charge in [0.1, 0.15) is 17.5 Å². The quantitative estimate of drug-likeness (QED) is 0.0551. The number of aryl methyl sites for hydroxylation is 1. The van der Waals surface area contributed by atoms with Crippen molar-refractivity contribution >= 4 is 56.5 Å². The second kappa shape index (κ2) is 20.1. The molecule has 3 aromatic heterocycles. The van der Waals surface area contributed by atoms with E-state index in [1.54, 1.807) is 7.11 Å². The van der Waals surface area contributed by atoms with Crippen LogP contribution in [0, 0.1) is 11.3 Å². The predicted molar refractivity (Wildman–Crippen MR) is 279 cm³/mol. The van der Waals surface area contributed by atoms with Crippen molar-refractivity contribution in [1.82, 2.24) is 39.2 Å². The number of anilines is 1. The Bertz CT molecular complexity index is 3430. The number of piperidine rings is 1. The molecule has 3 fully saturated rings. The fraction of sp³-hybridized carbons (Fsp3) is 0.538. The van der Waals surface area contributed by atoms with Gasteiger partial charge in [-0.2, -0.15) is 13.1 Å². The van der Waals surface area contributed by atoms with Gasteiger partial charge in [0.05, 0.1) is 33.0 Å². The number of rotatable bonds is 8. The fourth-order valence-electron chi connectivity index (χ4n) is 14.6. The van der Waals surface area contributed by atoms with E-state index in [0.717, 1.165) is 42.5 Å². The monoisotopic (exact) mass is 1100 g/mol. The Balaban J connectivity index is 0.000000328. The number of benzene rings is 2. The molecule has 10 atom stereocenters. The Labute approximate surface area is 448 Å². The zero-order valence-electron chi connectivity index (χ0n) is 44.6. The number of nitrogens with zero attached hydrogens (tertiary/aromatic N) is 8. The van der Waals surface area contributed by atoms with E-state index in [1.807, 2.05) is 50.1 Å². The molecule has 2 aromatic carbocycles. The molecule has 5 aliphatic heterocycles. The summed E-state index contributed by atoms with van der Waals surface area (Å²) in [5.41, 5.74) is 2.97. The van der Waals surface area contributed by atoms with E-state index in [9.17, 15) is 29.4 Å². The van der Waals surface area contributed by atoms with Crippen LogP contribution in [0.4, 0.5) is 5.69 Å². The maximum Gasteiger partial charge on any atom is 0.394 e. The van der Waals surface area contributed by atoms with E-state index in [0.29, 0.717) is 82.6 Å². The number of aromatic amines is 1. The third-order valence-electron chi connectivity index (χ3n) is 17.3. The highest BCUT2D eigenvalue weighted by atomic mass is 32.3. The number of H-pyrrole nitrogens is 1. The van der Waals surface area contributed by atoms with Gasteiger partial charge in [-0.25, -0.2) is 19.0 Å². The molecule has 2 saturated heterocycles. The Morgan fingerprint density at radius 1 is 0.949 bits per heavy atom. The summed E-state index contributed by atoms with van der Waals surface area (Å²) in [6.45, 7) is 8.62. The van der Waals surface area contributed by atoms with Crippen LogP contribution < -0.4 is 21.1 Å². The Kier molecular flexibility index (Phi) is 14.4. The average Bonchev–Trinajstić information content (AvgIpc) is 4.07. The summed E-state index contributed by atoms with van der Waals surface area (Å²) in [6, 6.07) is 11.0. The lowest BCUT2D eigenvalue weighted by Crippen LogP contribution is -2.81. The van der Waals surface area contributed by atoms with Gasteiger partial charge in [-0.3, -0.25) is 33.3 Å². The normalized spacial score (nSPS) is 30.6. The lowest BCUT2D eigenvalue weighted by Gasteiger charge is -2.63. The number of ether oxygens (including phenoxy) is 4. The fourth-order valence-corrected chi connectivity index (χ4v) is 14.6. The average molecular weight is 1100 g/mol. The van der Waals surface area contributed by atoms with Crippen LogP contribution in [0.3, 0.4) is 0 Å². The Morgan fingerprint density at radius 3 is 2.29 bits per heavy atom. The maximum atomic E-state index is 15.3. The number of hydrogen-bond donors (Lipinski definition) is 6. The van der Waals surface area contributed by atoms with Gasteiger partial charge in [0.2, 0.25) is 5.60 Å². The van der Waals surface area contributed by atoms with E-state index in [1.165, 1.54) is 34.5 Å². The van der Waals surface area contributed by atoms with Gasteiger partial charge in [0, 0.05) is 98.0 Å². The van der Waals surface area contributed by atoms with Gasteiger partial charge < -0.3 is 44.8 Å². The summed E-state index contributed by atoms with van der Waals surface area (Å²) < 4.78 is 57.7. The van der Waals surface area contributed by atoms with Crippen LogP contribution in [0.5, 0.6) is 5.75 Å². The highest BCUT2D eigenvalue weighted by Crippen LogP contribution is 2.68. The number of esters is 3. The third kappa shape index (κ3) is 8.62. The molecule has 1 amide bonds. The lowest BCUT2D eigenvalue weighted by atomic mass is 9.47. The topological polar surface area (TPSA) is 337 Å². The molecule has 5 aromatic rings. The van der Waals surface area contributed by atoms with E-state index in [4.69, 9.17) is 42.2 Å². The standard InChI is InChI=1S/C46H58N4O9.C6H6N6O2.H2O4S/c1-8-42(54)23-28-24-45(40(52)57-6,36-30(15-19-49(25-28)26-42)29-13-10-11-14-33(29)47-36)32-21-31-34(22-35(32)56-5)48(4)38-44(31)17-20-50-18-12-16-43(9-2,37(44)50)39(59-27(3)51)46(38,55)41(53)58-7;1-11-6(14)12-2-8-3(4(7)13)5(12)9-10-11;1-5(2,3)4/h10-14,16,21-22,28,37-39,47,54-55H,8-9,15,17-20,23-26H2,1-7H3;2H,1H3,(H2,7,13);(H2,1,2,3,4)/t28-,37-,38+,39+,42-,43+,44+,45-,46-;;/m0../s1. The minimum atomic E-state index is -4.67. The largest absolute Gasteiger partial charge is 0.496 e. The van der Waals surface area contributed by atoms with Gasteiger partial charge in [-0.05, 0) is 74.2 Å². The second-order valence-electron chi connectivity index (χ2n) is 21.3. The maximum absolute atomic E-state index is 15.3. The summed E-state index contributed by atoms with van der Waals surface area (Å²) in [5, 5.41) is 33.5. The molecule has 7 N–H and O–H groups in total. The second-order valence-corrected chi connectivity index (χ2v) is 22.2. The summed E-state index contributed by atoms with van der Waals surface area (Å²) in [6.07, 6.45) is 7.13. The molecule has 1 aliphatic carbocycles. The summed E-state index contributed by atoms with van der Waals surface area (Å²) in [7, 11) is 2.93. The van der Waals surface area contributed by atoms with Crippen molar-refractivity contribution in [2.24, 2.45) is 24.1 Å². The zero-order chi connectivity index (χ0) is 56.7. The number of fused-ring (bicyclic) bond motifs is 7. The van der Waals surface area contributed by atoms with Crippen molar-refractivity contribution in [2.45, 2.75) is 99.5 Å². The number of hydrogen-bond acceptors (Lipinski definition) is 19. The van der Waals surface area contributed by atoms with E-state index < -0.39 is 79.5 Å². The number of aliphatic hydroxyl groups is 2. The zero-order valence-corrected chi connectivity index (χ0v) is 45.4. The van der Waals surface area contributed by atoms with Crippen molar-refractivity contribution in [3.8, 4) is 5.75 Å². The summed E-state index contributed by atoms with van der Waals surface area (Å²) in [5.74, 6) is -2.30. The first-order valence-electron chi connectivity index (χ1n) is 25.6. The molecule has 25 nitrogen and oxygen atoms in total. The first-order valence-corrected chi connectivity index (χ1v) is 27.0. The molecule has 420 valence electrons. The van der Waals surface area contributed by atoms with Crippen LogP contribution in [0.15, 0.2) is 59.7 Å². The molecular weight excluding hydrogens is 1040 g/mol. The van der Waals surface area contributed by atoms with Crippen LogP contribution in [0.2, 0.25) is 0 Å². The van der Waals surface area contributed by atoms with Crippen molar-refractivity contribution in [2.75, 3.05) is 66.0 Å². The van der Waals surface area contributed by atoms with Crippen LogP contribution in [0.1, 0.15) is 85.7 Å². The minimum Gasteiger partial charge on any atom is -0.496 e. The van der Waals surface area contributed by atoms with Crippen molar-refractivity contribution < 1.29 is 65.9 Å². The highest BCUT2D eigenvalue weighted by molar-refractivity contribution is 7.79. The highest BCUT2D eigenvalue weighted by Gasteiger charge is 2.80. The van der Waals surface area contributed by atoms with Gasteiger partial charge in [0.15, 0.2) is 17.4 Å². The molecule has 1 unspecified atom stereocenters. The number of aromatic nitrogens is 6. The molecule has 8 heterocycles. The molecule has 6 aliphatic rings. The minimum absolute atomic E-state index is 0.0600. The molecule has 1 saturated carbocycles. The number of nitrogens with two attached hydrogens (primary N) is 1. The van der Waals surface area contributed by atoms with Gasteiger partial charge in [-0.1, -0.05) is 49.4 Å².